The highest BCUT2D eigenvalue weighted by molar-refractivity contribution is 7.91. The van der Waals surface area contributed by atoms with Crippen LogP contribution in [0.3, 0.4) is 0 Å². The fourth-order valence-electron chi connectivity index (χ4n) is 2.71. The Morgan fingerprint density at radius 1 is 1.36 bits per heavy atom. The van der Waals surface area contributed by atoms with Gasteiger partial charge in [-0.15, -0.1) is 11.3 Å². The van der Waals surface area contributed by atoms with Crippen LogP contribution in [-0.2, 0) is 14.6 Å². The van der Waals surface area contributed by atoms with E-state index in [1.54, 1.807) is 30.5 Å². The molecule has 2 heterocycles. The molecule has 1 fully saturated rings. The predicted octanol–water partition coefficient (Wildman–Crippen LogP) is 2.14. The molecule has 1 aromatic carbocycles. The number of amides is 1. The number of carbonyl (C=O) groups excluding carboxylic acids is 1. The number of hydrogen-bond acceptors (Lipinski definition) is 6. The van der Waals surface area contributed by atoms with Gasteiger partial charge in [-0.25, -0.2) is 13.4 Å². The molecule has 0 aliphatic carbocycles. The Bertz CT molecular complexity index is 859. The number of aryl methyl sites for hydroxylation is 1. The first kappa shape index (κ1) is 17.9. The maximum absolute atomic E-state index is 12.2. The average molecular weight is 380 g/mol. The molecule has 0 spiro atoms. The van der Waals surface area contributed by atoms with E-state index in [0.717, 1.165) is 16.3 Å². The lowest BCUT2D eigenvalue weighted by Crippen LogP contribution is -2.40. The van der Waals surface area contributed by atoms with Gasteiger partial charge in [-0.05, 0) is 37.6 Å². The Morgan fingerprint density at radius 3 is 2.64 bits per heavy atom. The first-order valence-corrected chi connectivity index (χ1v) is 10.7. The number of likely N-dealkylation sites (N-methyl/N-ethyl adjacent to an activating group) is 1. The molecule has 1 aliphatic rings. The summed E-state index contributed by atoms with van der Waals surface area (Å²) in [7, 11) is -1.38. The Kier molecular flexibility index (Phi) is 5.10. The molecule has 0 unspecified atom stereocenters. The van der Waals surface area contributed by atoms with E-state index >= 15 is 0 Å². The Balaban J connectivity index is 1.55. The lowest BCUT2D eigenvalue weighted by atomic mass is 10.2. The van der Waals surface area contributed by atoms with Crippen molar-refractivity contribution < 1.29 is 17.9 Å². The summed E-state index contributed by atoms with van der Waals surface area (Å²) in [5.41, 5.74) is 1.99. The summed E-state index contributed by atoms with van der Waals surface area (Å²) in [5.74, 6) is 0.560. The highest BCUT2D eigenvalue weighted by Gasteiger charge is 2.32. The van der Waals surface area contributed by atoms with Crippen LogP contribution in [-0.4, -0.2) is 55.4 Å². The van der Waals surface area contributed by atoms with E-state index in [2.05, 4.69) is 4.98 Å². The average Bonchev–Trinajstić information content (AvgIpc) is 3.18. The highest BCUT2D eigenvalue weighted by Crippen LogP contribution is 2.25. The summed E-state index contributed by atoms with van der Waals surface area (Å²) in [4.78, 5) is 18.1. The summed E-state index contributed by atoms with van der Waals surface area (Å²) >= 11 is 1.58. The topological polar surface area (TPSA) is 76.6 Å². The van der Waals surface area contributed by atoms with Crippen LogP contribution >= 0.6 is 11.3 Å². The van der Waals surface area contributed by atoms with E-state index in [4.69, 9.17) is 4.74 Å². The van der Waals surface area contributed by atoms with Gasteiger partial charge in [0, 0.05) is 29.7 Å². The molecule has 0 bridgehead atoms. The van der Waals surface area contributed by atoms with Crippen LogP contribution in [0.2, 0.25) is 0 Å². The third kappa shape index (κ3) is 4.38. The smallest absolute Gasteiger partial charge is 0.260 e. The molecular formula is C17H20N2O4S2. The molecule has 134 valence electrons. The molecule has 8 heteroatoms. The summed E-state index contributed by atoms with van der Waals surface area (Å²) in [6.07, 6.45) is 0.493. The van der Waals surface area contributed by atoms with Crippen LogP contribution in [0.5, 0.6) is 5.75 Å². The summed E-state index contributed by atoms with van der Waals surface area (Å²) in [6, 6.07) is 7.17. The molecule has 25 heavy (non-hydrogen) atoms. The molecule has 0 radical (unpaired) electrons. The lowest BCUT2D eigenvalue weighted by Gasteiger charge is -2.23. The van der Waals surface area contributed by atoms with Crippen molar-refractivity contribution in [3.05, 3.63) is 35.3 Å². The highest BCUT2D eigenvalue weighted by atomic mass is 32.2. The first-order chi connectivity index (χ1) is 11.8. The van der Waals surface area contributed by atoms with E-state index < -0.39 is 9.84 Å². The van der Waals surface area contributed by atoms with Crippen molar-refractivity contribution >= 4 is 27.1 Å². The minimum Gasteiger partial charge on any atom is -0.484 e. The number of aromatic nitrogens is 1. The monoisotopic (exact) mass is 380 g/mol. The van der Waals surface area contributed by atoms with Crippen molar-refractivity contribution in [3.63, 3.8) is 0 Å². The van der Waals surface area contributed by atoms with Crippen molar-refractivity contribution in [1.82, 2.24) is 9.88 Å². The zero-order valence-electron chi connectivity index (χ0n) is 14.1. The molecule has 0 saturated carbocycles. The van der Waals surface area contributed by atoms with Gasteiger partial charge in [0.15, 0.2) is 16.4 Å². The van der Waals surface area contributed by atoms with Crippen molar-refractivity contribution in [2.24, 2.45) is 0 Å². The minimum atomic E-state index is -3.01. The molecule has 1 saturated heterocycles. The number of carbonyl (C=O) groups is 1. The standard InChI is InChI=1S/C17H20N2O4S2/c1-12-10-24-17(18-12)13-3-5-15(6-4-13)23-9-16(20)19(2)14-7-8-25(21,22)11-14/h3-6,10,14H,7-9,11H2,1-2H3/t14-/m0/s1. The van der Waals surface area contributed by atoms with E-state index in [1.165, 1.54) is 4.90 Å². The van der Waals surface area contributed by atoms with Gasteiger partial charge in [-0.3, -0.25) is 4.79 Å². The second kappa shape index (κ2) is 7.13. The SMILES string of the molecule is Cc1csc(-c2ccc(OCC(=O)N(C)[C@H]3CCS(=O)(=O)C3)cc2)n1. The van der Waals surface area contributed by atoms with Crippen molar-refractivity contribution in [2.75, 3.05) is 25.2 Å². The molecule has 1 atom stereocenters. The largest absolute Gasteiger partial charge is 0.484 e. The van der Waals surface area contributed by atoms with Crippen LogP contribution < -0.4 is 4.74 Å². The van der Waals surface area contributed by atoms with Gasteiger partial charge in [0.2, 0.25) is 0 Å². The zero-order chi connectivity index (χ0) is 18.0. The van der Waals surface area contributed by atoms with E-state index in [0.29, 0.717) is 12.2 Å². The minimum absolute atomic E-state index is 0.0389. The normalized spacial score (nSPS) is 18.9. The number of benzene rings is 1. The number of nitrogens with zero attached hydrogens (tertiary/aromatic N) is 2. The number of thiazole rings is 1. The molecule has 2 aromatic rings. The zero-order valence-corrected chi connectivity index (χ0v) is 15.8. The van der Waals surface area contributed by atoms with Crippen LogP contribution in [0, 0.1) is 6.92 Å². The van der Waals surface area contributed by atoms with Crippen molar-refractivity contribution in [1.29, 1.82) is 0 Å². The Morgan fingerprint density at radius 2 is 2.08 bits per heavy atom. The lowest BCUT2D eigenvalue weighted by molar-refractivity contribution is -0.133. The summed E-state index contributed by atoms with van der Waals surface area (Å²) in [6.45, 7) is 1.85. The first-order valence-electron chi connectivity index (χ1n) is 7.95. The van der Waals surface area contributed by atoms with Crippen LogP contribution in [0.15, 0.2) is 29.6 Å². The number of rotatable bonds is 5. The fourth-order valence-corrected chi connectivity index (χ4v) is 5.29. The van der Waals surface area contributed by atoms with Gasteiger partial charge < -0.3 is 9.64 Å². The number of hydrogen-bond donors (Lipinski definition) is 0. The second-order valence-electron chi connectivity index (χ2n) is 6.17. The van der Waals surface area contributed by atoms with Gasteiger partial charge in [-0.1, -0.05) is 0 Å². The third-order valence-corrected chi connectivity index (χ3v) is 6.99. The molecule has 1 aliphatic heterocycles. The molecule has 3 rings (SSSR count). The molecule has 6 nitrogen and oxygen atoms in total. The van der Waals surface area contributed by atoms with Gasteiger partial charge in [0.05, 0.1) is 11.5 Å². The van der Waals surface area contributed by atoms with E-state index in [-0.39, 0.29) is 30.1 Å². The van der Waals surface area contributed by atoms with E-state index in [9.17, 15) is 13.2 Å². The maximum atomic E-state index is 12.2. The number of sulfone groups is 1. The third-order valence-electron chi connectivity index (χ3n) is 4.23. The molecule has 1 aromatic heterocycles. The van der Waals surface area contributed by atoms with Gasteiger partial charge >= 0.3 is 0 Å². The van der Waals surface area contributed by atoms with Gasteiger partial charge in [0.25, 0.3) is 5.91 Å². The predicted molar refractivity (Wildman–Crippen MR) is 97.6 cm³/mol. The summed E-state index contributed by atoms with van der Waals surface area (Å²) < 4.78 is 28.6. The Hall–Kier alpha value is -1.93. The second-order valence-corrected chi connectivity index (χ2v) is 9.26. The van der Waals surface area contributed by atoms with Crippen LogP contribution in [0.4, 0.5) is 0 Å². The summed E-state index contributed by atoms with van der Waals surface area (Å²) in [5, 5.41) is 2.94. The Labute approximate surface area is 151 Å². The van der Waals surface area contributed by atoms with Crippen LogP contribution in [0.25, 0.3) is 10.6 Å². The number of ether oxygens (including phenoxy) is 1. The quantitative estimate of drug-likeness (QED) is 0.794. The van der Waals surface area contributed by atoms with Gasteiger partial charge in [-0.2, -0.15) is 0 Å². The fraction of sp³-hybridized carbons (Fsp3) is 0.412. The van der Waals surface area contributed by atoms with Crippen LogP contribution in [0.1, 0.15) is 12.1 Å². The molecule has 0 N–H and O–H groups in total. The van der Waals surface area contributed by atoms with Gasteiger partial charge in [0.1, 0.15) is 10.8 Å². The van der Waals surface area contributed by atoms with E-state index in [1.807, 2.05) is 24.4 Å². The molecule has 1 amide bonds. The van der Waals surface area contributed by atoms with Crippen molar-refractivity contribution in [2.45, 2.75) is 19.4 Å². The van der Waals surface area contributed by atoms with Crippen molar-refractivity contribution in [3.8, 4) is 16.3 Å². The maximum Gasteiger partial charge on any atom is 0.260 e. The molecular weight excluding hydrogens is 360 g/mol.